The average molecular weight is 274 g/mol. The van der Waals surface area contributed by atoms with Crippen LogP contribution in [-0.2, 0) is 13.0 Å². The lowest BCUT2D eigenvalue weighted by Crippen LogP contribution is -2.40. The summed E-state index contributed by atoms with van der Waals surface area (Å²) in [5.41, 5.74) is 3.03. The number of piperidine rings is 1. The van der Waals surface area contributed by atoms with E-state index in [1.807, 2.05) is 0 Å². The zero-order valence-electron chi connectivity index (χ0n) is 13.4. The Kier molecular flexibility index (Phi) is 6.06. The molecular weight excluding hydrogens is 244 g/mol. The van der Waals surface area contributed by atoms with Gasteiger partial charge in [0.25, 0.3) is 0 Å². The van der Waals surface area contributed by atoms with E-state index >= 15 is 0 Å². The first-order chi connectivity index (χ1) is 9.69. The van der Waals surface area contributed by atoms with E-state index in [-0.39, 0.29) is 0 Å². The summed E-state index contributed by atoms with van der Waals surface area (Å²) in [6.45, 7) is 11.5. The van der Waals surface area contributed by atoms with E-state index in [4.69, 9.17) is 0 Å². The first kappa shape index (κ1) is 15.5. The molecule has 1 unspecified atom stereocenters. The molecule has 1 heterocycles. The standard InChI is InChI=1S/C18H30N2/c1-4-17-9-5-6-10-18(17)14-20-11-7-8-16(13-20)12-19-15(2)3/h5-6,9-10,15-16,19H,4,7-8,11-14H2,1-3H3. The van der Waals surface area contributed by atoms with Crippen molar-refractivity contribution in [2.45, 2.75) is 52.6 Å². The molecule has 1 atom stereocenters. The van der Waals surface area contributed by atoms with Gasteiger partial charge in [0, 0.05) is 19.1 Å². The number of nitrogens with zero attached hydrogens (tertiary/aromatic N) is 1. The highest BCUT2D eigenvalue weighted by atomic mass is 15.1. The third kappa shape index (κ3) is 4.60. The number of benzene rings is 1. The van der Waals surface area contributed by atoms with Crippen molar-refractivity contribution in [3.05, 3.63) is 35.4 Å². The summed E-state index contributed by atoms with van der Waals surface area (Å²) in [5.74, 6) is 0.819. The second-order valence-corrected chi connectivity index (χ2v) is 6.43. The van der Waals surface area contributed by atoms with Crippen molar-refractivity contribution < 1.29 is 0 Å². The lowest BCUT2D eigenvalue weighted by molar-refractivity contribution is 0.163. The van der Waals surface area contributed by atoms with Crippen LogP contribution in [0.25, 0.3) is 0 Å². The Balaban J connectivity index is 1.89. The van der Waals surface area contributed by atoms with E-state index in [1.54, 1.807) is 0 Å². The third-order valence-corrected chi connectivity index (χ3v) is 4.31. The molecule has 0 saturated carbocycles. The molecule has 0 radical (unpaired) electrons. The first-order valence-corrected chi connectivity index (χ1v) is 8.21. The van der Waals surface area contributed by atoms with Crippen LogP contribution in [0, 0.1) is 5.92 Å². The molecule has 1 aromatic carbocycles. The van der Waals surface area contributed by atoms with Gasteiger partial charge in [-0.1, -0.05) is 45.0 Å². The molecule has 112 valence electrons. The topological polar surface area (TPSA) is 15.3 Å². The SMILES string of the molecule is CCc1ccccc1CN1CCCC(CNC(C)C)C1. The molecule has 0 aromatic heterocycles. The van der Waals surface area contributed by atoms with Gasteiger partial charge in [0.2, 0.25) is 0 Å². The highest BCUT2D eigenvalue weighted by molar-refractivity contribution is 5.26. The zero-order valence-corrected chi connectivity index (χ0v) is 13.4. The van der Waals surface area contributed by atoms with Crippen molar-refractivity contribution in [1.82, 2.24) is 10.2 Å². The summed E-state index contributed by atoms with van der Waals surface area (Å²) >= 11 is 0. The molecule has 1 N–H and O–H groups in total. The molecule has 2 heteroatoms. The summed E-state index contributed by atoms with van der Waals surface area (Å²) in [6, 6.07) is 9.52. The Labute approximate surface area is 124 Å². The van der Waals surface area contributed by atoms with Crippen LogP contribution >= 0.6 is 0 Å². The highest BCUT2D eigenvalue weighted by Gasteiger charge is 2.20. The van der Waals surface area contributed by atoms with E-state index < -0.39 is 0 Å². The predicted octanol–water partition coefficient (Wildman–Crippen LogP) is 3.46. The highest BCUT2D eigenvalue weighted by Crippen LogP contribution is 2.20. The Morgan fingerprint density at radius 3 is 2.70 bits per heavy atom. The molecule has 0 bridgehead atoms. The summed E-state index contributed by atoms with van der Waals surface area (Å²) in [5, 5.41) is 3.60. The van der Waals surface area contributed by atoms with Gasteiger partial charge in [-0.2, -0.15) is 0 Å². The van der Waals surface area contributed by atoms with Crippen molar-refractivity contribution in [2.24, 2.45) is 5.92 Å². The quantitative estimate of drug-likeness (QED) is 0.854. The van der Waals surface area contributed by atoms with Crippen LogP contribution in [0.15, 0.2) is 24.3 Å². The smallest absolute Gasteiger partial charge is 0.0236 e. The van der Waals surface area contributed by atoms with Gasteiger partial charge in [0.05, 0.1) is 0 Å². The van der Waals surface area contributed by atoms with Crippen LogP contribution in [0.5, 0.6) is 0 Å². The molecule has 1 saturated heterocycles. The maximum absolute atomic E-state index is 3.60. The first-order valence-electron chi connectivity index (χ1n) is 8.21. The van der Waals surface area contributed by atoms with Crippen molar-refractivity contribution in [2.75, 3.05) is 19.6 Å². The monoisotopic (exact) mass is 274 g/mol. The predicted molar refractivity (Wildman–Crippen MR) is 87.0 cm³/mol. The molecular formula is C18H30N2. The molecule has 1 aliphatic rings. The van der Waals surface area contributed by atoms with Gasteiger partial charge >= 0.3 is 0 Å². The van der Waals surface area contributed by atoms with Gasteiger partial charge in [-0.15, -0.1) is 0 Å². The Morgan fingerprint density at radius 1 is 1.25 bits per heavy atom. The van der Waals surface area contributed by atoms with E-state index in [0.29, 0.717) is 6.04 Å². The van der Waals surface area contributed by atoms with Crippen molar-refractivity contribution in [3.63, 3.8) is 0 Å². The molecule has 20 heavy (non-hydrogen) atoms. The molecule has 0 aliphatic carbocycles. The maximum atomic E-state index is 3.60. The summed E-state index contributed by atoms with van der Waals surface area (Å²) < 4.78 is 0. The zero-order chi connectivity index (χ0) is 14.4. The average Bonchev–Trinajstić information content (AvgIpc) is 2.46. The fraction of sp³-hybridized carbons (Fsp3) is 0.667. The van der Waals surface area contributed by atoms with E-state index in [2.05, 4.69) is 55.3 Å². The maximum Gasteiger partial charge on any atom is 0.0236 e. The Morgan fingerprint density at radius 2 is 2.00 bits per heavy atom. The molecule has 1 fully saturated rings. The van der Waals surface area contributed by atoms with Gasteiger partial charge in [0.1, 0.15) is 0 Å². The number of nitrogens with one attached hydrogen (secondary N) is 1. The number of rotatable bonds is 6. The summed E-state index contributed by atoms with van der Waals surface area (Å²) in [4.78, 5) is 2.64. The van der Waals surface area contributed by atoms with Gasteiger partial charge in [-0.3, -0.25) is 4.90 Å². The molecule has 2 nitrogen and oxygen atoms in total. The van der Waals surface area contributed by atoms with Crippen molar-refractivity contribution in [3.8, 4) is 0 Å². The number of hydrogen-bond acceptors (Lipinski definition) is 2. The second kappa shape index (κ2) is 7.80. The van der Waals surface area contributed by atoms with Crippen molar-refractivity contribution in [1.29, 1.82) is 0 Å². The fourth-order valence-corrected chi connectivity index (χ4v) is 3.16. The normalized spacial score (nSPS) is 20.5. The van der Waals surface area contributed by atoms with Crippen LogP contribution < -0.4 is 5.32 Å². The van der Waals surface area contributed by atoms with Crippen LogP contribution in [-0.4, -0.2) is 30.6 Å². The van der Waals surface area contributed by atoms with Crippen molar-refractivity contribution >= 4 is 0 Å². The Bertz CT molecular complexity index is 400. The molecule has 1 aromatic rings. The second-order valence-electron chi connectivity index (χ2n) is 6.43. The largest absolute Gasteiger partial charge is 0.314 e. The van der Waals surface area contributed by atoms with E-state index in [0.717, 1.165) is 18.9 Å². The molecule has 2 rings (SSSR count). The lowest BCUT2D eigenvalue weighted by Gasteiger charge is -2.33. The van der Waals surface area contributed by atoms with Crippen LogP contribution in [0.3, 0.4) is 0 Å². The lowest BCUT2D eigenvalue weighted by atomic mass is 9.96. The summed E-state index contributed by atoms with van der Waals surface area (Å²) in [7, 11) is 0. The molecule has 1 aliphatic heterocycles. The van der Waals surface area contributed by atoms with Crippen LogP contribution in [0.2, 0.25) is 0 Å². The summed E-state index contributed by atoms with van der Waals surface area (Å²) in [6.07, 6.45) is 3.87. The van der Waals surface area contributed by atoms with Gasteiger partial charge in [-0.25, -0.2) is 0 Å². The fourth-order valence-electron chi connectivity index (χ4n) is 3.16. The van der Waals surface area contributed by atoms with Gasteiger partial charge in [-0.05, 0) is 49.4 Å². The third-order valence-electron chi connectivity index (χ3n) is 4.31. The number of aryl methyl sites for hydroxylation is 1. The van der Waals surface area contributed by atoms with Gasteiger partial charge in [0.15, 0.2) is 0 Å². The minimum Gasteiger partial charge on any atom is -0.314 e. The minimum absolute atomic E-state index is 0.603. The van der Waals surface area contributed by atoms with E-state index in [1.165, 1.54) is 43.6 Å². The van der Waals surface area contributed by atoms with Gasteiger partial charge < -0.3 is 5.32 Å². The molecule has 0 amide bonds. The Hall–Kier alpha value is -0.860. The minimum atomic E-state index is 0.603. The molecule has 0 spiro atoms. The number of hydrogen-bond donors (Lipinski definition) is 1. The number of likely N-dealkylation sites (tertiary alicyclic amines) is 1. The van der Waals surface area contributed by atoms with E-state index in [9.17, 15) is 0 Å². The van der Waals surface area contributed by atoms with Crippen LogP contribution in [0.1, 0.15) is 44.7 Å². The van der Waals surface area contributed by atoms with Crippen LogP contribution in [0.4, 0.5) is 0 Å².